The SMILES string of the molecule is CC1(C)CCCCC1N1CCCC(C(=O)O)C1. The minimum atomic E-state index is -0.608. The molecule has 1 heterocycles. The Kier molecular flexibility index (Phi) is 3.76. The second kappa shape index (κ2) is 4.97. The molecule has 2 aliphatic rings. The van der Waals surface area contributed by atoms with Crippen molar-refractivity contribution in [2.75, 3.05) is 13.1 Å². The Morgan fingerprint density at radius 1 is 1.24 bits per heavy atom. The van der Waals surface area contributed by atoms with Crippen LogP contribution in [0.5, 0.6) is 0 Å². The molecule has 2 unspecified atom stereocenters. The molecule has 3 nitrogen and oxygen atoms in total. The Hall–Kier alpha value is -0.570. The summed E-state index contributed by atoms with van der Waals surface area (Å²) in [5.41, 5.74) is 0.360. The summed E-state index contributed by atoms with van der Waals surface area (Å²) in [6.07, 6.45) is 7.08. The van der Waals surface area contributed by atoms with Gasteiger partial charge in [-0.3, -0.25) is 9.69 Å². The van der Waals surface area contributed by atoms with Crippen molar-refractivity contribution in [2.45, 2.75) is 58.4 Å². The van der Waals surface area contributed by atoms with E-state index in [4.69, 9.17) is 5.11 Å². The summed E-state index contributed by atoms with van der Waals surface area (Å²) < 4.78 is 0. The van der Waals surface area contributed by atoms with E-state index in [1.54, 1.807) is 0 Å². The summed E-state index contributed by atoms with van der Waals surface area (Å²) >= 11 is 0. The summed E-state index contributed by atoms with van der Waals surface area (Å²) in [6.45, 7) is 6.56. The fraction of sp³-hybridized carbons (Fsp3) is 0.929. The first-order chi connectivity index (χ1) is 8.00. The van der Waals surface area contributed by atoms with Gasteiger partial charge in [0.25, 0.3) is 0 Å². The molecule has 0 aromatic rings. The molecule has 17 heavy (non-hydrogen) atoms. The molecule has 0 radical (unpaired) electrons. The number of carboxylic acid groups (broad SMARTS) is 1. The van der Waals surface area contributed by atoms with Crippen molar-refractivity contribution < 1.29 is 9.90 Å². The van der Waals surface area contributed by atoms with E-state index in [1.165, 1.54) is 25.7 Å². The van der Waals surface area contributed by atoms with Crippen LogP contribution in [-0.2, 0) is 4.79 Å². The number of carbonyl (C=O) groups is 1. The van der Waals surface area contributed by atoms with Crippen molar-refractivity contribution in [3.63, 3.8) is 0 Å². The molecule has 0 aromatic carbocycles. The van der Waals surface area contributed by atoms with Crippen molar-refractivity contribution in [3.8, 4) is 0 Å². The number of carboxylic acids is 1. The zero-order chi connectivity index (χ0) is 12.5. The molecule has 2 fully saturated rings. The van der Waals surface area contributed by atoms with Crippen molar-refractivity contribution in [3.05, 3.63) is 0 Å². The highest BCUT2D eigenvalue weighted by Gasteiger charge is 2.38. The molecule has 3 heteroatoms. The normalized spacial score (nSPS) is 34.5. The van der Waals surface area contributed by atoms with Gasteiger partial charge >= 0.3 is 5.97 Å². The highest BCUT2D eigenvalue weighted by Crippen LogP contribution is 2.39. The molecule has 1 saturated heterocycles. The monoisotopic (exact) mass is 239 g/mol. The lowest BCUT2D eigenvalue weighted by Gasteiger charge is -2.47. The lowest BCUT2D eigenvalue weighted by atomic mass is 9.72. The van der Waals surface area contributed by atoms with Crippen LogP contribution in [0.2, 0.25) is 0 Å². The number of hydrogen-bond donors (Lipinski definition) is 1. The molecule has 1 aliphatic heterocycles. The first kappa shape index (κ1) is 12.9. The second-order valence-electron chi connectivity index (χ2n) is 6.42. The van der Waals surface area contributed by atoms with Gasteiger partial charge in [-0.05, 0) is 37.6 Å². The van der Waals surface area contributed by atoms with Gasteiger partial charge in [-0.1, -0.05) is 26.7 Å². The summed E-state index contributed by atoms with van der Waals surface area (Å²) in [5.74, 6) is -0.746. The Balaban J connectivity index is 2.03. The van der Waals surface area contributed by atoms with E-state index in [2.05, 4.69) is 18.7 Å². The third-order valence-corrected chi connectivity index (χ3v) is 4.69. The molecule has 2 rings (SSSR count). The van der Waals surface area contributed by atoms with Gasteiger partial charge in [0.2, 0.25) is 0 Å². The molecule has 1 N–H and O–H groups in total. The number of aliphatic carboxylic acids is 1. The molecule has 2 atom stereocenters. The topological polar surface area (TPSA) is 40.5 Å². The molecule has 0 bridgehead atoms. The lowest BCUT2D eigenvalue weighted by Crippen LogP contribution is -2.51. The molecule has 98 valence electrons. The van der Waals surface area contributed by atoms with E-state index in [9.17, 15) is 4.79 Å². The van der Waals surface area contributed by atoms with E-state index in [-0.39, 0.29) is 5.92 Å². The number of hydrogen-bond acceptors (Lipinski definition) is 2. The number of rotatable bonds is 2. The van der Waals surface area contributed by atoms with Gasteiger partial charge < -0.3 is 5.11 Å². The van der Waals surface area contributed by atoms with Gasteiger partial charge in [0.1, 0.15) is 0 Å². The van der Waals surface area contributed by atoms with Gasteiger partial charge in [-0.2, -0.15) is 0 Å². The van der Waals surface area contributed by atoms with Gasteiger partial charge in [-0.25, -0.2) is 0 Å². The average Bonchev–Trinajstić information content (AvgIpc) is 2.28. The second-order valence-corrected chi connectivity index (χ2v) is 6.42. The maximum absolute atomic E-state index is 11.1. The van der Waals surface area contributed by atoms with Crippen molar-refractivity contribution in [1.29, 1.82) is 0 Å². The van der Waals surface area contributed by atoms with E-state index in [1.807, 2.05) is 0 Å². The fourth-order valence-electron chi connectivity index (χ4n) is 3.64. The summed E-state index contributed by atoms with van der Waals surface area (Å²) in [5, 5.41) is 9.16. The third-order valence-electron chi connectivity index (χ3n) is 4.69. The van der Waals surface area contributed by atoms with Crippen LogP contribution < -0.4 is 0 Å². The minimum absolute atomic E-state index is 0.138. The predicted molar refractivity (Wildman–Crippen MR) is 68.0 cm³/mol. The third kappa shape index (κ3) is 2.82. The van der Waals surface area contributed by atoms with E-state index >= 15 is 0 Å². The summed E-state index contributed by atoms with van der Waals surface area (Å²) in [4.78, 5) is 13.6. The van der Waals surface area contributed by atoms with Crippen LogP contribution in [0.15, 0.2) is 0 Å². The van der Waals surface area contributed by atoms with Gasteiger partial charge in [0.05, 0.1) is 5.92 Å². The standard InChI is InChI=1S/C14H25NO2/c1-14(2)8-4-3-7-12(14)15-9-5-6-11(10-15)13(16)17/h11-12H,3-10H2,1-2H3,(H,16,17). The van der Waals surface area contributed by atoms with Gasteiger partial charge in [0, 0.05) is 12.6 Å². The minimum Gasteiger partial charge on any atom is -0.481 e. The Morgan fingerprint density at radius 3 is 2.65 bits per heavy atom. The van der Waals surface area contributed by atoms with Crippen LogP contribution in [0.4, 0.5) is 0 Å². The maximum atomic E-state index is 11.1. The zero-order valence-corrected chi connectivity index (χ0v) is 11.1. The van der Waals surface area contributed by atoms with Crippen LogP contribution in [0, 0.1) is 11.3 Å². The largest absolute Gasteiger partial charge is 0.481 e. The number of likely N-dealkylation sites (tertiary alicyclic amines) is 1. The van der Waals surface area contributed by atoms with Crippen LogP contribution >= 0.6 is 0 Å². The summed E-state index contributed by atoms with van der Waals surface area (Å²) in [6, 6.07) is 0.596. The maximum Gasteiger partial charge on any atom is 0.307 e. The fourth-order valence-corrected chi connectivity index (χ4v) is 3.64. The summed E-state index contributed by atoms with van der Waals surface area (Å²) in [7, 11) is 0. The van der Waals surface area contributed by atoms with Gasteiger partial charge in [0.15, 0.2) is 0 Å². The van der Waals surface area contributed by atoms with Crippen molar-refractivity contribution >= 4 is 5.97 Å². The van der Waals surface area contributed by atoms with Crippen LogP contribution in [-0.4, -0.2) is 35.1 Å². The molecular weight excluding hydrogens is 214 g/mol. The van der Waals surface area contributed by atoms with Crippen LogP contribution in [0.1, 0.15) is 52.4 Å². The zero-order valence-electron chi connectivity index (χ0n) is 11.1. The predicted octanol–water partition coefficient (Wildman–Crippen LogP) is 2.75. The first-order valence-corrected chi connectivity index (χ1v) is 6.97. The van der Waals surface area contributed by atoms with Crippen LogP contribution in [0.3, 0.4) is 0 Å². The van der Waals surface area contributed by atoms with E-state index in [0.717, 1.165) is 25.9 Å². The molecular formula is C14H25NO2. The number of nitrogens with zero attached hydrogens (tertiary/aromatic N) is 1. The highest BCUT2D eigenvalue weighted by atomic mass is 16.4. The number of piperidine rings is 1. The highest BCUT2D eigenvalue weighted by molar-refractivity contribution is 5.70. The molecule has 0 amide bonds. The smallest absolute Gasteiger partial charge is 0.307 e. The lowest BCUT2D eigenvalue weighted by molar-refractivity contribution is -0.144. The molecule has 1 aliphatic carbocycles. The first-order valence-electron chi connectivity index (χ1n) is 6.97. The van der Waals surface area contributed by atoms with Crippen LogP contribution in [0.25, 0.3) is 0 Å². The molecule has 0 spiro atoms. The van der Waals surface area contributed by atoms with E-state index < -0.39 is 5.97 Å². The van der Waals surface area contributed by atoms with Crippen molar-refractivity contribution in [1.82, 2.24) is 4.90 Å². The Bertz CT molecular complexity index is 288. The Morgan fingerprint density at radius 2 is 2.00 bits per heavy atom. The molecule has 0 aromatic heterocycles. The van der Waals surface area contributed by atoms with E-state index in [0.29, 0.717) is 11.5 Å². The Labute approximate surface area is 104 Å². The molecule has 1 saturated carbocycles. The van der Waals surface area contributed by atoms with Crippen molar-refractivity contribution in [2.24, 2.45) is 11.3 Å². The quantitative estimate of drug-likeness (QED) is 0.805. The average molecular weight is 239 g/mol. The van der Waals surface area contributed by atoms with Gasteiger partial charge in [-0.15, -0.1) is 0 Å².